The predicted molar refractivity (Wildman–Crippen MR) is 139 cm³/mol. The molecule has 2 N–H and O–H groups in total. The van der Waals surface area contributed by atoms with Gasteiger partial charge in [0.15, 0.2) is 5.82 Å². The highest BCUT2D eigenvalue weighted by Gasteiger charge is 2.45. The SMILES string of the molecule is C=CC(=O)N1CCC2(CC1)Nc1c(cnc3c(F)c(-c4cccc5c4C(C)=NC5)c(Cl)cc13)NC2=O. The minimum Gasteiger partial charge on any atom is -0.369 e. The van der Waals surface area contributed by atoms with Crippen LogP contribution in [0.3, 0.4) is 0 Å². The minimum absolute atomic E-state index is 0.162. The van der Waals surface area contributed by atoms with E-state index in [4.69, 9.17) is 11.6 Å². The van der Waals surface area contributed by atoms with Gasteiger partial charge in [-0.15, -0.1) is 0 Å². The van der Waals surface area contributed by atoms with Crippen LogP contribution in [0.5, 0.6) is 0 Å². The molecule has 2 aromatic carbocycles. The first-order valence-corrected chi connectivity index (χ1v) is 12.2. The number of aliphatic imine (C=N–C) groups is 1. The lowest BCUT2D eigenvalue weighted by Gasteiger charge is -2.44. The van der Waals surface area contributed by atoms with Crippen molar-refractivity contribution in [2.45, 2.75) is 31.8 Å². The second kappa shape index (κ2) is 8.13. The number of anilines is 2. The summed E-state index contributed by atoms with van der Waals surface area (Å²) in [7, 11) is 0. The molecule has 0 bridgehead atoms. The Labute approximate surface area is 212 Å². The lowest BCUT2D eigenvalue weighted by Crippen LogP contribution is -2.59. The van der Waals surface area contributed by atoms with Gasteiger partial charge in [0.1, 0.15) is 11.1 Å². The fourth-order valence-electron chi connectivity index (χ4n) is 5.52. The third kappa shape index (κ3) is 3.24. The molecule has 3 aliphatic heterocycles. The summed E-state index contributed by atoms with van der Waals surface area (Å²) in [6.45, 7) is 6.83. The Morgan fingerprint density at radius 2 is 2.06 bits per heavy atom. The number of rotatable bonds is 2. The number of nitrogens with one attached hydrogen (secondary N) is 2. The molecule has 182 valence electrons. The zero-order valence-electron chi connectivity index (χ0n) is 19.6. The molecule has 9 heteroatoms. The molecule has 1 fully saturated rings. The number of hydrogen-bond acceptors (Lipinski definition) is 5. The molecule has 1 aromatic heterocycles. The van der Waals surface area contributed by atoms with E-state index < -0.39 is 11.4 Å². The molecule has 1 spiro atoms. The Morgan fingerprint density at radius 1 is 1.28 bits per heavy atom. The maximum atomic E-state index is 16.1. The standard InChI is InChI=1S/C27H23ClFN5O2/c1-3-20(35)34-9-7-27(8-10-34)26(36)32-19-13-31-25-17(24(19)33-27)11-18(28)22(23(25)29)16-6-4-5-15-12-30-14(2)21(15)16/h3-6,11,13,33H,1,7-10,12H2,2H3,(H,32,36). The normalized spacial score (nSPS) is 17.8. The van der Waals surface area contributed by atoms with Crippen LogP contribution in [-0.4, -0.2) is 46.0 Å². The lowest BCUT2D eigenvalue weighted by molar-refractivity contribution is -0.130. The second-order valence-corrected chi connectivity index (χ2v) is 9.83. The lowest BCUT2D eigenvalue weighted by atomic mass is 9.84. The second-order valence-electron chi connectivity index (χ2n) is 9.42. The topological polar surface area (TPSA) is 86.7 Å². The van der Waals surface area contributed by atoms with E-state index in [2.05, 4.69) is 27.2 Å². The summed E-state index contributed by atoms with van der Waals surface area (Å²) < 4.78 is 16.1. The highest BCUT2D eigenvalue weighted by atomic mass is 35.5. The van der Waals surface area contributed by atoms with E-state index in [0.717, 1.165) is 16.8 Å². The number of carbonyl (C=O) groups excluding carboxylic acids is 2. The molecule has 36 heavy (non-hydrogen) atoms. The number of hydrogen-bond donors (Lipinski definition) is 2. The monoisotopic (exact) mass is 503 g/mol. The van der Waals surface area contributed by atoms with Gasteiger partial charge in [-0.1, -0.05) is 36.4 Å². The van der Waals surface area contributed by atoms with Crippen molar-refractivity contribution >= 4 is 51.4 Å². The van der Waals surface area contributed by atoms with Crippen molar-refractivity contribution in [1.29, 1.82) is 0 Å². The number of aromatic nitrogens is 1. The van der Waals surface area contributed by atoms with Crippen LogP contribution in [0, 0.1) is 5.82 Å². The van der Waals surface area contributed by atoms with Crippen molar-refractivity contribution in [1.82, 2.24) is 9.88 Å². The highest BCUT2D eigenvalue weighted by molar-refractivity contribution is 6.35. The summed E-state index contributed by atoms with van der Waals surface area (Å²) in [5.74, 6) is -0.877. The number of benzene rings is 2. The Balaban J connectivity index is 1.45. The predicted octanol–water partition coefficient (Wildman–Crippen LogP) is 4.93. The van der Waals surface area contributed by atoms with E-state index in [0.29, 0.717) is 54.8 Å². The third-order valence-corrected chi connectivity index (χ3v) is 7.77. The molecular weight excluding hydrogens is 481 g/mol. The Morgan fingerprint density at radius 3 is 2.81 bits per heavy atom. The van der Waals surface area contributed by atoms with Crippen molar-refractivity contribution in [2.24, 2.45) is 4.99 Å². The number of amides is 2. The molecular formula is C27H23ClFN5O2. The summed E-state index contributed by atoms with van der Waals surface area (Å²) in [5, 5.41) is 7.05. The zero-order chi connectivity index (χ0) is 25.2. The van der Waals surface area contributed by atoms with Crippen LogP contribution in [0.1, 0.15) is 30.9 Å². The van der Waals surface area contributed by atoms with E-state index in [9.17, 15) is 9.59 Å². The number of halogens is 2. The molecule has 3 aliphatic rings. The van der Waals surface area contributed by atoms with E-state index in [1.54, 1.807) is 11.0 Å². The molecule has 0 radical (unpaired) electrons. The molecule has 3 aromatic rings. The van der Waals surface area contributed by atoms with Crippen molar-refractivity contribution < 1.29 is 14.0 Å². The number of piperidine rings is 1. The summed E-state index contributed by atoms with van der Waals surface area (Å²) in [4.78, 5) is 35.6. The van der Waals surface area contributed by atoms with Crippen LogP contribution in [0.25, 0.3) is 22.0 Å². The van der Waals surface area contributed by atoms with E-state index in [-0.39, 0.29) is 27.9 Å². The number of fused-ring (bicyclic) bond motifs is 4. The first-order valence-electron chi connectivity index (χ1n) is 11.8. The molecule has 0 unspecified atom stereocenters. The van der Waals surface area contributed by atoms with Gasteiger partial charge >= 0.3 is 0 Å². The Bertz CT molecular complexity index is 1520. The van der Waals surface area contributed by atoms with Crippen molar-refractivity contribution in [2.75, 3.05) is 23.7 Å². The van der Waals surface area contributed by atoms with Crippen molar-refractivity contribution in [3.05, 3.63) is 65.1 Å². The van der Waals surface area contributed by atoms with E-state index in [1.165, 1.54) is 12.3 Å². The average Bonchev–Trinajstić information content (AvgIpc) is 3.26. The Hall–Kier alpha value is -3.78. The van der Waals surface area contributed by atoms with Crippen LogP contribution in [0.2, 0.25) is 5.02 Å². The third-order valence-electron chi connectivity index (χ3n) is 7.47. The van der Waals surface area contributed by atoms with Gasteiger partial charge in [-0.05, 0) is 43.0 Å². The Kier molecular flexibility index (Phi) is 5.12. The first kappa shape index (κ1) is 22.7. The molecule has 0 saturated carbocycles. The largest absolute Gasteiger partial charge is 0.369 e. The van der Waals surface area contributed by atoms with Crippen LogP contribution in [0.4, 0.5) is 15.8 Å². The maximum Gasteiger partial charge on any atom is 0.250 e. The van der Waals surface area contributed by atoms with Gasteiger partial charge in [-0.3, -0.25) is 19.6 Å². The van der Waals surface area contributed by atoms with E-state index in [1.807, 2.05) is 25.1 Å². The van der Waals surface area contributed by atoms with Gasteiger partial charge in [0, 0.05) is 35.3 Å². The fourth-order valence-corrected chi connectivity index (χ4v) is 5.81. The smallest absolute Gasteiger partial charge is 0.250 e. The molecule has 7 nitrogen and oxygen atoms in total. The maximum absolute atomic E-state index is 16.1. The first-order chi connectivity index (χ1) is 17.3. The minimum atomic E-state index is -0.922. The number of pyridine rings is 1. The summed E-state index contributed by atoms with van der Waals surface area (Å²) in [6, 6.07) is 7.42. The summed E-state index contributed by atoms with van der Waals surface area (Å²) >= 11 is 6.73. The van der Waals surface area contributed by atoms with E-state index >= 15 is 4.39 Å². The molecule has 6 rings (SSSR count). The van der Waals surface area contributed by atoms with Gasteiger partial charge in [0.2, 0.25) is 11.8 Å². The average molecular weight is 504 g/mol. The van der Waals surface area contributed by atoms with Crippen LogP contribution in [-0.2, 0) is 16.1 Å². The van der Waals surface area contributed by atoms with Crippen molar-refractivity contribution in [3.63, 3.8) is 0 Å². The summed E-state index contributed by atoms with van der Waals surface area (Å²) in [5.41, 5.74) is 4.05. The van der Waals surface area contributed by atoms with Gasteiger partial charge in [-0.2, -0.15) is 0 Å². The van der Waals surface area contributed by atoms with Gasteiger partial charge in [0.25, 0.3) is 0 Å². The quantitative estimate of drug-likeness (QED) is 0.486. The highest BCUT2D eigenvalue weighted by Crippen LogP contribution is 2.45. The number of likely N-dealkylation sites (tertiary alicyclic amines) is 1. The zero-order valence-corrected chi connectivity index (χ0v) is 20.4. The summed E-state index contributed by atoms with van der Waals surface area (Å²) in [6.07, 6.45) is 3.56. The molecule has 0 aliphatic carbocycles. The van der Waals surface area contributed by atoms with Crippen LogP contribution in [0.15, 0.2) is 48.1 Å². The van der Waals surface area contributed by atoms with Crippen LogP contribution < -0.4 is 10.6 Å². The molecule has 0 atom stereocenters. The van der Waals surface area contributed by atoms with Crippen LogP contribution >= 0.6 is 11.6 Å². The molecule has 4 heterocycles. The molecule has 1 saturated heterocycles. The number of nitrogens with zero attached hydrogens (tertiary/aromatic N) is 3. The number of carbonyl (C=O) groups is 2. The van der Waals surface area contributed by atoms with Gasteiger partial charge in [0.05, 0.1) is 29.1 Å². The van der Waals surface area contributed by atoms with Gasteiger partial charge in [-0.25, -0.2) is 4.39 Å². The van der Waals surface area contributed by atoms with Crippen molar-refractivity contribution in [3.8, 4) is 11.1 Å². The van der Waals surface area contributed by atoms with Gasteiger partial charge < -0.3 is 15.5 Å². The molecule has 2 amide bonds. The fraction of sp³-hybridized carbons (Fsp3) is 0.259.